The van der Waals surface area contributed by atoms with Gasteiger partial charge in [0.15, 0.2) is 0 Å². The van der Waals surface area contributed by atoms with Crippen molar-refractivity contribution in [3.63, 3.8) is 0 Å². The average molecular weight is 351 g/mol. The first-order valence-electron chi connectivity index (χ1n) is 2.95. The highest BCUT2D eigenvalue weighted by atomic mass is 127. The lowest BCUT2D eigenvalue weighted by Gasteiger charge is -2.03. The molecule has 12 heavy (non-hydrogen) atoms. The maximum absolute atomic E-state index is 12.7. The molecule has 0 aliphatic heterocycles. The Morgan fingerprint density at radius 2 is 1.92 bits per heavy atom. The van der Waals surface area contributed by atoms with Gasteiger partial charge in [0, 0.05) is 9.13 Å². The molecule has 0 unspecified atom stereocenters. The maximum Gasteiger partial charge on any atom is 0.264 e. The minimum absolute atomic E-state index is 0.205. The van der Waals surface area contributed by atoms with Gasteiger partial charge in [0.25, 0.3) is 6.43 Å². The minimum atomic E-state index is -2.63. The summed E-state index contributed by atoms with van der Waals surface area (Å²) in [7, 11) is 0. The van der Waals surface area contributed by atoms with E-state index in [1.807, 2.05) is 0 Å². The van der Waals surface area contributed by atoms with Crippen LogP contribution in [0.2, 0.25) is 0 Å². The second-order valence-electron chi connectivity index (χ2n) is 2.09. The summed E-state index contributed by atoms with van der Waals surface area (Å²) >= 11 is 4.65. The summed E-state index contributed by atoms with van der Waals surface area (Å²) in [6.07, 6.45) is -2.63. The van der Waals surface area contributed by atoms with Crippen LogP contribution < -0.4 is 0 Å². The standard InChI is InChI=1S/C7H3BrF3I/c8-4-2-6(12)3(7(10)11)1-5(4)9/h1-2,7H. The third-order valence-corrected chi connectivity index (χ3v) is 2.82. The van der Waals surface area contributed by atoms with E-state index in [9.17, 15) is 13.2 Å². The zero-order valence-electron chi connectivity index (χ0n) is 5.62. The molecule has 0 fully saturated rings. The second kappa shape index (κ2) is 3.95. The first kappa shape index (κ1) is 10.3. The highest BCUT2D eigenvalue weighted by molar-refractivity contribution is 14.1. The molecule has 0 nitrogen and oxygen atoms in total. The molecule has 1 aromatic rings. The van der Waals surface area contributed by atoms with Crippen molar-refractivity contribution in [2.45, 2.75) is 6.43 Å². The Hall–Kier alpha value is 0.220. The quantitative estimate of drug-likeness (QED) is 0.527. The van der Waals surface area contributed by atoms with Crippen molar-refractivity contribution in [1.82, 2.24) is 0 Å². The molecular formula is C7H3BrF3I. The van der Waals surface area contributed by atoms with E-state index in [2.05, 4.69) is 15.9 Å². The number of rotatable bonds is 1. The van der Waals surface area contributed by atoms with E-state index >= 15 is 0 Å². The largest absolute Gasteiger partial charge is 0.264 e. The molecule has 0 saturated heterocycles. The first-order chi connectivity index (χ1) is 5.52. The van der Waals surface area contributed by atoms with Gasteiger partial charge in [0.1, 0.15) is 5.82 Å². The van der Waals surface area contributed by atoms with E-state index in [-0.39, 0.29) is 10.0 Å². The number of hydrogen-bond donors (Lipinski definition) is 0. The molecule has 0 heterocycles. The molecule has 0 aliphatic carbocycles. The van der Waals surface area contributed by atoms with E-state index < -0.39 is 12.2 Å². The molecule has 0 saturated carbocycles. The van der Waals surface area contributed by atoms with Crippen molar-refractivity contribution < 1.29 is 13.2 Å². The Balaban J connectivity index is 3.23. The molecule has 0 aromatic heterocycles. The van der Waals surface area contributed by atoms with Gasteiger partial charge in [-0.1, -0.05) is 0 Å². The molecule has 1 rings (SSSR count). The van der Waals surface area contributed by atoms with Crippen molar-refractivity contribution >= 4 is 38.5 Å². The highest BCUT2D eigenvalue weighted by Crippen LogP contribution is 2.28. The second-order valence-corrected chi connectivity index (χ2v) is 4.11. The SMILES string of the molecule is Fc1cc(C(F)F)c(I)cc1Br. The summed E-state index contributed by atoms with van der Waals surface area (Å²) in [5, 5.41) is 0. The predicted molar refractivity (Wildman–Crippen MR) is 51.8 cm³/mol. The van der Waals surface area contributed by atoms with Crippen LogP contribution in [0.1, 0.15) is 12.0 Å². The summed E-state index contributed by atoms with van der Waals surface area (Å²) in [5.74, 6) is -0.661. The van der Waals surface area contributed by atoms with Gasteiger partial charge in [-0.25, -0.2) is 13.2 Å². The minimum Gasteiger partial charge on any atom is -0.206 e. The first-order valence-corrected chi connectivity index (χ1v) is 4.82. The van der Waals surface area contributed by atoms with Gasteiger partial charge in [-0.05, 0) is 50.7 Å². The molecule has 0 bridgehead atoms. The number of alkyl halides is 2. The van der Waals surface area contributed by atoms with E-state index in [4.69, 9.17) is 0 Å². The fourth-order valence-electron chi connectivity index (χ4n) is 0.705. The Morgan fingerprint density at radius 1 is 1.33 bits per heavy atom. The van der Waals surface area contributed by atoms with Crippen molar-refractivity contribution in [2.24, 2.45) is 0 Å². The molecule has 5 heteroatoms. The average Bonchev–Trinajstić information content (AvgIpc) is 1.96. The van der Waals surface area contributed by atoms with Gasteiger partial charge in [-0.3, -0.25) is 0 Å². The van der Waals surface area contributed by atoms with Crippen LogP contribution in [0.25, 0.3) is 0 Å². The van der Waals surface area contributed by atoms with Crippen LogP contribution in [0.4, 0.5) is 13.2 Å². The summed E-state index contributed by atoms with van der Waals surface area (Å²) in [6, 6.07) is 2.17. The van der Waals surface area contributed by atoms with Gasteiger partial charge < -0.3 is 0 Å². The maximum atomic E-state index is 12.7. The van der Waals surface area contributed by atoms with Crippen molar-refractivity contribution in [2.75, 3.05) is 0 Å². The number of benzene rings is 1. The zero-order chi connectivity index (χ0) is 9.30. The highest BCUT2D eigenvalue weighted by Gasteiger charge is 2.14. The monoisotopic (exact) mass is 350 g/mol. The summed E-state index contributed by atoms with van der Waals surface area (Å²) in [4.78, 5) is 0. The lowest BCUT2D eigenvalue weighted by atomic mass is 10.2. The summed E-state index contributed by atoms with van der Waals surface area (Å²) in [5.41, 5.74) is -0.267. The van der Waals surface area contributed by atoms with Crippen LogP contribution >= 0.6 is 38.5 Å². The molecule has 1 aromatic carbocycles. The fourth-order valence-corrected chi connectivity index (χ4v) is 2.18. The molecule has 0 atom stereocenters. The third kappa shape index (κ3) is 2.12. The molecule has 0 aliphatic rings. The molecule has 66 valence electrons. The van der Waals surface area contributed by atoms with E-state index in [0.29, 0.717) is 3.57 Å². The molecule has 0 radical (unpaired) electrons. The van der Waals surface area contributed by atoms with E-state index in [0.717, 1.165) is 6.07 Å². The van der Waals surface area contributed by atoms with Gasteiger partial charge >= 0.3 is 0 Å². The van der Waals surface area contributed by atoms with Crippen molar-refractivity contribution in [3.8, 4) is 0 Å². The predicted octanol–water partition coefficient (Wildman–Crippen LogP) is 4.13. The summed E-state index contributed by atoms with van der Waals surface area (Å²) in [6.45, 7) is 0. The summed E-state index contributed by atoms with van der Waals surface area (Å²) < 4.78 is 37.6. The van der Waals surface area contributed by atoms with E-state index in [1.165, 1.54) is 6.07 Å². The normalized spacial score (nSPS) is 10.8. The Labute approximate surface area is 89.4 Å². The lowest BCUT2D eigenvalue weighted by molar-refractivity contribution is 0.150. The van der Waals surface area contributed by atoms with Crippen LogP contribution in [0.5, 0.6) is 0 Å². The van der Waals surface area contributed by atoms with Crippen LogP contribution in [-0.4, -0.2) is 0 Å². The van der Waals surface area contributed by atoms with Crippen LogP contribution in [0, 0.1) is 9.39 Å². The Kier molecular flexibility index (Phi) is 3.39. The molecule has 0 N–H and O–H groups in total. The zero-order valence-corrected chi connectivity index (χ0v) is 9.37. The Bertz CT molecular complexity index is 301. The molecular weight excluding hydrogens is 348 g/mol. The number of halogens is 5. The fraction of sp³-hybridized carbons (Fsp3) is 0.143. The van der Waals surface area contributed by atoms with Crippen molar-refractivity contribution in [1.29, 1.82) is 0 Å². The lowest BCUT2D eigenvalue weighted by Crippen LogP contribution is -1.91. The van der Waals surface area contributed by atoms with Gasteiger partial charge in [0.2, 0.25) is 0 Å². The molecule has 0 spiro atoms. The van der Waals surface area contributed by atoms with Gasteiger partial charge in [0.05, 0.1) is 4.47 Å². The third-order valence-electron chi connectivity index (χ3n) is 1.27. The van der Waals surface area contributed by atoms with Gasteiger partial charge in [-0.15, -0.1) is 0 Å². The van der Waals surface area contributed by atoms with Gasteiger partial charge in [-0.2, -0.15) is 0 Å². The number of hydrogen-bond acceptors (Lipinski definition) is 0. The van der Waals surface area contributed by atoms with Crippen LogP contribution in [-0.2, 0) is 0 Å². The Morgan fingerprint density at radius 3 is 2.42 bits per heavy atom. The van der Waals surface area contributed by atoms with Crippen LogP contribution in [0.3, 0.4) is 0 Å². The smallest absolute Gasteiger partial charge is 0.206 e. The van der Waals surface area contributed by atoms with Crippen molar-refractivity contribution in [3.05, 3.63) is 31.6 Å². The van der Waals surface area contributed by atoms with E-state index in [1.54, 1.807) is 22.6 Å². The topological polar surface area (TPSA) is 0 Å². The molecule has 0 amide bonds. The van der Waals surface area contributed by atoms with Crippen LogP contribution in [0.15, 0.2) is 16.6 Å².